The van der Waals surface area contributed by atoms with E-state index in [1.165, 1.54) is 12.1 Å². The Bertz CT molecular complexity index is 750. The molecule has 1 aliphatic carbocycles. The predicted octanol–water partition coefficient (Wildman–Crippen LogP) is 4.49. The first kappa shape index (κ1) is 16.5. The number of rotatable bonds is 4. The van der Waals surface area contributed by atoms with E-state index in [2.05, 4.69) is 16.9 Å². The number of halogens is 3. The van der Waals surface area contributed by atoms with Crippen LogP contribution < -0.4 is 0 Å². The molecular formula is C18H18F3N3. The van der Waals surface area contributed by atoms with E-state index >= 15 is 0 Å². The van der Waals surface area contributed by atoms with Gasteiger partial charge >= 0.3 is 0 Å². The van der Waals surface area contributed by atoms with Crippen LogP contribution in [0, 0.1) is 11.7 Å². The van der Waals surface area contributed by atoms with Gasteiger partial charge in [0.05, 0.1) is 0 Å². The largest absolute Gasteiger partial charge is 0.331 e. The number of alkyl halides is 2. The minimum absolute atomic E-state index is 0.107. The lowest BCUT2D eigenvalue weighted by Gasteiger charge is -2.27. The molecule has 0 aromatic heterocycles. The summed E-state index contributed by atoms with van der Waals surface area (Å²) in [6.07, 6.45) is 3.68. The highest BCUT2D eigenvalue weighted by Crippen LogP contribution is 2.51. The van der Waals surface area contributed by atoms with Gasteiger partial charge in [-0.2, -0.15) is 5.10 Å². The van der Waals surface area contributed by atoms with Crippen molar-refractivity contribution in [2.24, 2.45) is 16.1 Å². The molecule has 1 aliphatic heterocycles. The summed E-state index contributed by atoms with van der Waals surface area (Å²) in [5.41, 5.74) is 2.72. The van der Waals surface area contributed by atoms with Gasteiger partial charge in [-0.25, -0.2) is 13.2 Å². The van der Waals surface area contributed by atoms with Crippen LogP contribution >= 0.6 is 0 Å². The number of hydrogen-bond donors (Lipinski definition) is 0. The summed E-state index contributed by atoms with van der Waals surface area (Å²) in [7, 11) is 0. The highest BCUT2D eigenvalue weighted by Gasteiger charge is 2.57. The van der Waals surface area contributed by atoms with Crippen LogP contribution in [0.3, 0.4) is 0 Å². The molecule has 0 N–H and O–H groups in total. The fourth-order valence-electron chi connectivity index (χ4n) is 2.88. The fraction of sp³-hybridized carbons (Fsp3) is 0.333. The number of hydrogen-bond acceptors (Lipinski definition) is 2. The van der Waals surface area contributed by atoms with Gasteiger partial charge in [-0.15, -0.1) is 5.10 Å². The monoisotopic (exact) mass is 333 g/mol. The van der Waals surface area contributed by atoms with Crippen molar-refractivity contribution in [1.29, 1.82) is 0 Å². The Balaban J connectivity index is 1.77. The molecule has 0 bridgehead atoms. The number of nitrogens with zero attached hydrogens (tertiary/aromatic N) is 3. The molecule has 2 aliphatic rings. The van der Waals surface area contributed by atoms with E-state index in [-0.39, 0.29) is 18.7 Å². The zero-order valence-electron chi connectivity index (χ0n) is 13.3. The van der Waals surface area contributed by atoms with Crippen molar-refractivity contribution < 1.29 is 13.2 Å². The van der Waals surface area contributed by atoms with Crippen molar-refractivity contribution in [3.63, 3.8) is 0 Å². The van der Waals surface area contributed by atoms with Crippen LogP contribution in [0.1, 0.15) is 25.3 Å². The van der Waals surface area contributed by atoms with Crippen LogP contribution in [0.4, 0.5) is 13.2 Å². The summed E-state index contributed by atoms with van der Waals surface area (Å²) in [4.78, 5) is 1.79. The van der Waals surface area contributed by atoms with Gasteiger partial charge in [0, 0.05) is 38.2 Å². The highest BCUT2D eigenvalue weighted by molar-refractivity contribution is 5.87. The van der Waals surface area contributed by atoms with Crippen LogP contribution in [-0.2, 0) is 0 Å². The second-order valence-corrected chi connectivity index (χ2v) is 6.17. The molecule has 0 amide bonds. The number of amidine groups is 1. The van der Waals surface area contributed by atoms with E-state index in [0.717, 1.165) is 16.7 Å². The minimum atomic E-state index is -2.60. The maximum atomic E-state index is 13.4. The predicted molar refractivity (Wildman–Crippen MR) is 89.5 cm³/mol. The van der Waals surface area contributed by atoms with Gasteiger partial charge in [0.15, 0.2) is 0 Å². The van der Waals surface area contributed by atoms with Gasteiger partial charge in [-0.1, -0.05) is 12.1 Å². The Morgan fingerprint density at radius 3 is 2.75 bits per heavy atom. The first-order valence-corrected chi connectivity index (χ1v) is 7.71. The standard InChI is InChI=1S/C18H18F3N3/c1-12-11-24(17(23-22-2)9-14-10-18(14,20)21)7-6-16(12)13-4-3-5-15(19)8-13/h3-8,14H,2,9-11H2,1H3/b23-17-. The lowest BCUT2D eigenvalue weighted by atomic mass is 9.98. The molecule has 3 nitrogen and oxygen atoms in total. The van der Waals surface area contributed by atoms with Crippen LogP contribution in [0.15, 0.2) is 52.3 Å². The third kappa shape index (κ3) is 3.42. The van der Waals surface area contributed by atoms with Crippen LogP contribution in [-0.4, -0.2) is 29.9 Å². The first-order valence-electron chi connectivity index (χ1n) is 7.71. The van der Waals surface area contributed by atoms with Crippen molar-refractivity contribution >= 4 is 18.1 Å². The van der Waals surface area contributed by atoms with Crippen molar-refractivity contribution in [3.8, 4) is 0 Å². The smallest absolute Gasteiger partial charge is 0.252 e. The molecule has 6 heteroatoms. The molecular weight excluding hydrogens is 315 g/mol. The summed E-state index contributed by atoms with van der Waals surface area (Å²) in [6, 6.07) is 6.38. The van der Waals surface area contributed by atoms with Crippen LogP contribution in [0.25, 0.3) is 5.57 Å². The zero-order valence-corrected chi connectivity index (χ0v) is 13.3. The molecule has 24 heavy (non-hydrogen) atoms. The lowest BCUT2D eigenvalue weighted by molar-refractivity contribution is 0.0998. The lowest BCUT2D eigenvalue weighted by Crippen LogP contribution is -2.30. The fourth-order valence-corrected chi connectivity index (χ4v) is 2.88. The van der Waals surface area contributed by atoms with Gasteiger partial charge in [-0.05, 0) is 41.8 Å². The molecule has 126 valence electrons. The number of benzene rings is 1. The van der Waals surface area contributed by atoms with Crippen molar-refractivity contribution in [1.82, 2.24) is 4.90 Å². The van der Waals surface area contributed by atoms with Gasteiger partial charge in [0.2, 0.25) is 0 Å². The Morgan fingerprint density at radius 2 is 2.17 bits per heavy atom. The summed E-state index contributed by atoms with van der Waals surface area (Å²) < 4.78 is 39.8. The van der Waals surface area contributed by atoms with Gasteiger partial charge in [0.25, 0.3) is 5.92 Å². The average Bonchev–Trinajstić information content (AvgIpc) is 3.13. The maximum absolute atomic E-state index is 13.4. The SMILES string of the molecule is C=N/N=C(/CC1CC1(F)F)N1C=CC(c2cccc(F)c2)=C(C)C1. The summed E-state index contributed by atoms with van der Waals surface area (Å²) >= 11 is 0. The summed E-state index contributed by atoms with van der Waals surface area (Å²) in [6.45, 7) is 5.75. The van der Waals surface area contributed by atoms with Crippen molar-refractivity contribution in [2.45, 2.75) is 25.7 Å². The van der Waals surface area contributed by atoms with Gasteiger partial charge in [0.1, 0.15) is 11.7 Å². The molecule has 3 rings (SSSR count). The second kappa shape index (κ2) is 6.26. The first-order chi connectivity index (χ1) is 11.4. The normalized spacial score (nSPS) is 22.8. The van der Waals surface area contributed by atoms with E-state index in [4.69, 9.17) is 0 Å². The average molecular weight is 333 g/mol. The molecule has 0 saturated heterocycles. The van der Waals surface area contributed by atoms with E-state index < -0.39 is 11.8 Å². The molecule has 1 aromatic carbocycles. The van der Waals surface area contributed by atoms with Gasteiger partial charge in [-0.3, -0.25) is 0 Å². The zero-order chi connectivity index (χ0) is 17.3. The van der Waals surface area contributed by atoms with E-state index in [1.807, 2.05) is 19.1 Å². The molecule has 1 aromatic rings. The topological polar surface area (TPSA) is 28.0 Å². The van der Waals surface area contributed by atoms with Crippen LogP contribution in [0.2, 0.25) is 0 Å². The minimum Gasteiger partial charge on any atom is -0.331 e. The Morgan fingerprint density at radius 1 is 1.42 bits per heavy atom. The second-order valence-electron chi connectivity index (χ2n) is 6.17. The molecule has 1 unspecified atom stereocenters. The molecule has 0 radical (unpaired) electrons. The van der Waals surface area contributed by atoms with E-state index in [9.17, 15) is 13.2 Å². The van der Waals surface area contributed by atoms with E-state index in [0.29, 0.717) is 12.4 Å². The summed E-state index contributed by atoms with van der Waals surface area (Å²) in [5, 5.41) is 7.43. The van der Waals surface area contributed by atoms with E-state index in [1.54, 1.807) is 17.2 Å². The molecule has 1 saturated carbocycles. The highest BCUT2D eigenvalue weighted by atomic mass is 19.3. The molecule has 1 atom stereocenters. The van der Waals surface area contributed by atoms with Crippen LogP contribution in [0.5, 0.6) is 0 Å². The molecule has 1 fully saturated rings. The third-order valence-corrected chi connectivity index (χ3v) is 4.33. The quantitative estimate of drug-likeness (QED) is 0.453. The Kier molecular flexibility index (Phi) is 4.30. The number of allylic oxidation sites excluding steroid dienone is 2. The summed E-state index contributed by atoms with van der Waals surface area (Å²) in [5.74, 6) is -3.10. The Hall–Kier alpha value is -2.37. The Labute approximate surface area is 138 Å². The molecule has 0 spiro atoms. The van der Waals surface area contributed by atoms with Crippen molar-refractivity contribution in [3.05, 3.63) is 53.5 Å². The third-order valence-electron chi connectivity index (χ3n) is 4.33. The van der Waals surface area contributed by atoms with Gasteiger partial charge < -0.3 is 4.90 Å². The van der Waals surface area contributed by atoms with Crippen molar-refractivity contribution in [2.75, 3.05) is 6.54 Å². The molecule has 1 heterocycles. The maximum Gasteiger partial charge on any atom is 0.252 e.